The van der Waals surface area contributed by atoms with Gasteiger partial charge in [-0.3, -0.25) is 0 Å². The molecule has 0 fully saturated rings. The van der Waals surface area contributed by atoms with Crippen LogP contribution in [-0.4, -0.2) is 6.88 Å². The quantitative estimate of drug-likeness (QED) is 0.534. The molecule has 0 amide bonds. The first-order valence-electron chi connectivity index (χ1n) is 6.92. The van der Waals surface area contributed by atoms with Crippen molar-refractivity contribution in [2.45, 2.75) is 49.8 Å². The molecule has 0 heterocycles. The van der Waals surface area contributed by atoms with Gasteiger partial charge in [0.2, 0.25) is 0 Å². The van der Waals surface area contributed by atoms with Crippen molar-refractivity contribution in [2.75, 3.05) is 0 Å². The summed E-state index contributed by atoms with van der Waals surface area (Å²) in [5.41, 5.74) is 6.20. The Labute approximate surface area is 139 Å². The van der Waals surface area contributed by atoms with Crippen molar-refractivity contribution in [3.8, 4) is 0 Å². The van der Waals surface area contributed by atoms with Gasteiger partial charge in [0.1, 0.15) is 0 Å². The van der Waals surface area contributed by atoms with Gasteiger partial charge in [-0.2, -0.15) is 0 Å². The van der Waals surface area contributed by atoms with Crippen LogP contribution in [-0.2, 0) is 17.4 Å². The molecule has 0 saturated heterocycles. The minimum absolute atomic E-state index is 0. The van der Waals surface area contributed by atoms with E-state index in [-0.39, 0.29) is 24.8 Å². The summed E-state index contributed by atoms with van der Waals surface area (Å²) in [5, 5.41) is 0. The third kappa shape index (κ3) is 3.51. The summed E-state index contributed by atoms with van der Waals surface area (Å²) in [6.07, 6.45) is 7.50. The molecule has 4 heteroatoms. The van der Waals surface area contributed by atoms with Gasteiger partial charge in [-0.05, 0) is 0 Å². The molecule has 0 saturated carbocycles. The molecule has 0 bridgehead atoms. The van der Waals surface area contributed by atoms with E-state index >= 15 is 0 Å². The summed E-state index contributed by atoms with van der Waals surface area (Å²) in [6.45, 7) is 11.5. The minimum atomic E-state index is -2.80. The first kappa shape index (κ1) is 20.6. The van der Waals surface area contributed by atoms with Gasteiger partial charge in [0, 0.05) is 0 Å². The average molecular weight is 411 g/mol. The molecule has 2 aliphatic carbocycles. The Bertz CT molecular complexity index is 564. The van der Waals surface area contributed by atoms with E-state index in [1.165, 1.54) is 24.0 Å². The van der Waals surface area contributed by atoms with Crippen LogP contribution < -0.4 is 0 Å². The third-order valence-electron chi connectivity index (χ3n) is 5.10. The second-order valence-electron chi connectivity index (χ2n) is 7.31. The van der Waals surface area contributed by atoms with Crippen LogP contribution in [0.5, 0.6) is 0 Å². The van der Waals surface area contributed by atoms with Gasteiger partial charge in [-0.1, -0.05) is 0 Å². The summed E-state index contributed by atoms with van der Waals surface area (Å²) in [4.78, 5) is 0. The Balaban J connectivity index is 0.00000180. The molecule has 2 rings (SSSR count). The zero-order valence-electron chi connectivity index (χ0n) is 13.6. The number of halogens is 2. The number of hydrogen-bond donors (Lipinski definition) is 0. The predicted molar refractivity (Wildman–Crippen MR) is 96.9 cm³/mol. The fourth-order valence-corrected chi connectivity index (χ4v) is 14.1. The first-order valence-corrected chi connectivity index (χ1v) is 20.2. The van der Waals surface area contributed by atoms with Crippen LogP contribution in [0.1, 0.15) is 40.5 Å². The maximum Gasteiger partial charge on any atom is -0.147 e. The van der Waals surface area contributed by atoms with Crippen LogP contribution >= 0.6 is 24.8 Å². The zero-order valence-corrected chi connectivity index (χ0v) is 19.1. The largest absolute Gasteiger partial charge is 0.147 e. The van der Waals surface area contributed by atoms with Crippen molar-refractivity contribution in [2.24, 2.45) is 0 Å². The second-order valence-corrected chi connectivity index (χ2v) is 36.2. The fraction of sp³-hybridized carbons (Fsp3) is 0.500. The second kappa shape index (κ2) is 6.41. The van der Waals surface area contributed by atoms with Crippen molar-refractivity contribution in [1.82, 2.24) is 0 Å². The van der Waals surface area contributed by atoms with Crippen LogP contribution in [0.4, 0.5) is 0 Å². The molecule has 0 aromatic carbocycles. The molecule has 0 spiro atoms. The smallest absolute Gasteiger partial charge is 0.147 e. The maximum absolute atomic E-state index is 2.80. The fourth-order valence-electron chi connectivity index (χ4n) is 2.96. The van der Waals surface area contributed by atoms with Crippen molar-refractivity contribution in [1.29, 1.82) is 0 Å². The van der Waals surface area contributed by atoms with Gasteiger partial charge in [0.05, 0.1) is 0 Å². The van der Waals surface area contributed by atoms with Gasteiger partial charge < -0.3 is 0 Å². The van der Waals surface area contributed by atoms with Crippen LogP contribution in [0.15, 0.2) is 41.0 Å². The topological polar surface area (TPSA) is 0 Å². The van der Waals surface area contributed by atoms with Crippen LogP contribution in [0.25, 0.3) is 0 Å². The summed E-state index contributed by atoms with van der Waals surface area (Å²) in [6, 6.07) is 0. The standard InChI is InChI=1S/2C7H9.2CH3.2ClH.H2Si.Zr/c2*1-6-4-3-5-7(6)2;;;;;;/h2*4H,5H2,1-2H3;2*1H3;2*1H;1H2;. The van der Waals surface area contributed by atoms with E-state index in [1.54, 1.807) is 17.7 Å². The summed E-state index contributed by atoms with van der Waals surface area (Å²) in [5.74, 6) is 0. The Hall–Kier alpha value is 0.640. The Kier molecular flexibility index (Phi) is 6.61. The first-order chi connectivity index (χ1) is 8.10. The molecule has 0 aliphatic heterocycles. The van der Waals surface area contributed by atoms with Gasteiger partial charge in [-0.15, -0.1) is 24.8 Å². The molecule has 114 valence electrons. The zero-order chi connectivity index (χ0) is 13.7. The molecular weight excluding hydrogens is 382 g/mol. The van der Waals surface area contributed by atoms with Gasteiger partial charge in [0.25, 0.3) is 0 Å². The Morgan fingerprint density at radius 1 is 0.800 bits per heavy atom. The van der Waals surface area contributed by atoms with Gasteiger partial charge in [0.15, 0.2) is 0 Å². The van der Waals surface area contributed by atoms with Crippen molar-refractivity contribution >= 4 is 31.7 Å². The Morgan fingerprint density at radius 2 is 1.10 bits per heavy atom. The van der Waals surface area contributed by atoms with Gasteiger partial charge in [-0.25, -0.2) is 0 Å². The summed E-state index contributed by atoms with van der Waals surface area (Å²) < 4.78 is 8.82. The average Bonchev–Trinajstić information content (AvgIpc) is 2.74. The molecule has 0 N–H and O–H groups in total. The molecule has 2 aliphatic rings. The minimum Gasteiger partial charge on any atom is -0.147 e. The number of allylic oxidation sites excluding steroid dienone is 8. The van der Waals surface area contributed by atoms with Crippen LogP contribution in [0.2, 0.25) is 9.26 Å². The SMILES string of the molecule is CC1=C(C)C[C]([Zr]([CH3])([CH3])(=[SiH2])[C]2=CC(C)=C(C)C2)=C1.Cl.Cl. The van der Waals surface area contributed by atoms with E-state index in [0.717, 1.165) is 0 Å². The van der Waals surface area contributed by atoms with Crippen molar-refractivity contribution in [3.05, 3.63) is 41.0 Å². The molecule has 0 nitrogen and oxygen atoms in total. The molecule has 0 unspecified atom stereocenters. The Morgan fingerprint density at radius 3 is 1.30 bits per heavy atom. The molecule has 0 aromatic rings. The van der Waals surface area contributed by atoms with Crippen molar-refractivity contribution < 1.29 is 17.4 Å². The van der Waals surface area contributed by atoms with E-state index in [0.29, 0.717) is 0 Å². The number of hydrogen-bond acceptors (Lipinski definition) is 0. The van der Waals surface area contributed by atoms with Crippen LogP contribution in [0.3, 0.4) is 0 Å². The summed E-state index contributed by atoms with van der Waals surface area (Å²) in [7, 11) is 0. The molecule has 0 atom stereocenters. The van der Waals surface area contributed by atoms with Crippen LogP contribution in [0, 0.1) is 0 Å². The predicted octanol–water partition coefficient (Wildman–Crippen LogP) is 5.41. The van der Waals surface area contributed by atoms with E-state index in [9.17, 15) is 0 Å². The number of rotatable bonds is 2. The summed E-state index contributed by atoms with van der Waals surface area (Å²) >= 11 is -2.80. The molecular formula is C16H28Cl2SiZr. The third-order valence-corrected chi connectivity index (χ3v) is 22.2. The molecule has 0 radical (unpaired) electrons. The maximum atomic E-state index is 2.62. The normalized spacial score (nSPS) is 19.6. The van der Waals surface area contributed by atoms with E-state index in [1.807, 2.05) is 0 Å². The molecule has 20 heavy (non-hydrogen) atoms. The van der Waals surface area contributed by atoms with Gasteiger partial charge >= 0.3 is 115 Å². The van der Waals surface area contributed by atoms with E-state index < -0.39 is 17.4 Å². The van der Waals surface area contributed by atoms with E-state index in [4.69, 9.17) is 0 Å². The van der Waals surface area contributed by atoms with E-state index in [2.05, 4.69) is 56.0 Å². The molecule has 0 aromatic heterocycles. The monoisotopic (exact) mass is 408 g/mol. The van der Waals surface area contributed by atoms with Crippen molar-refractivity contribution in [3.63, 3.8) is 0 Å².